The monoisotopic (exact) mass is 208 g/mol. The molecule has 1 rings (SSSR count). The average Bonchev–Trinajstić information content (AvgIpc) is 2.13. The van der Waals surface area contributed by atoms with E-state index in [9.17, 15) is 5.11 Å². The zero-order valence-corrected chi connectivity index (χ0v) is 9.70. The first-order valence-electron chi connectivity index (χ1n) is 5.25. The van der Waals surface area contributed by atoms with Crippen LogP contribution in [0.5, 0.6) is 0 Å². The van der Waals surface area contributed by atoms with Crippen molar-refractivity contribution in [3.05, 3.63) is 24.3 Å². The Morgan fingerprint density at radius 2 is 2.07 bits per heavy atom. The molecule has 1 aromatic rings. The molecule has 0 fully saturated rings. The Morgan fingerprint density at radius 1 is 1.40 bits per heavy atom. The maximum Gasteiger partial charge on any atom is 0.0765 e. The summed E-state index contributed by atoms with van der Waals surface area (Å²) in [6.07, 6.45) is 0. The van der Waals surface area contributed by atoms with E-state index in [0.29, 0.717) is 6.54 Å². The number of hydrogen-bond donors (Lipinski definition) is 2. The molecule has 0 bridgehead atoms. The first-order chi connectivity index (χ1) is 6.92. The van der Waals surface area contributed by atoms with Gasteiger partial charge in [-0.25, -0.2) is 0 Å². The minimum absolute atomic E-state index is 0.604. The third kappa shape index (κ3) is 3.80. The molecule has 0 spiro atoms. The predicted molar refractivity (Wildman–Crippen MR) is 65.0 cm³/mol. The van der Waals surface area contributed by atoms with E-state index >= 15 is 0 Å². The highest BCUT2D eigenvalue weighted by Gasteiger charge is 2.17. The number of likely N-dealkylation sites (N-methyl/N-ethyl adjacent to an activating group) is 1. The second kappa shape index (κ2) is 4.53. The van der Waals surface area contributed by atoms with Crippen molar-refractivity contribution in [2.45, 2.75) is 26.4 Å². The molecule has 0 unspecified atom stereocenters. The summed E-state index contributed by atoms with van der Waals surface area (Å²) in [7, 11) is 0. The minimum Gasteiger partial charge on any atom is -0.399 e. The highest BCUT2D eigenvalue weighted by atomic mass is 16.3. The van der Waals surface area contributed by atoms with E-state index in [4.69, 9.17) is 5.73 Å². The normalized spacial score (nSPS) is 11.5. The molecule has 0 atom stereocenters. The van der Waals surface area contributed by atoms with Crippen LogP contribution >= 0.6 is 0 Å². The third-order valence-corrected chi connectivity index (χ3v) is 2.19. The first-order valence-corrected chi connectivity index (χ1v) is 5.25. The minimum atomic E-state index is -0.694. The van der Waals surface area contributed by atoms with Gasteiger partial charge in [-0.2, -0.15) is 0 Å². The molecule has 3 heteroatoms. The van der Waals surface area contributed by atoms with E-state index in [1.807, 2.05) is 38.1 Å². The van der Waals surface area contributed by atoms with Gasteiger partial charge >= 0.3 is 0 Å². The van der Waals surface area contributed by atoms with Gasteiger partial charge in [0.1, 0.15) is 0 Å². The van der Waals surface area contributed by atoms with Crippen LogP contribution in [0.1, 0.15) is 20.8 Å². The van der Waals surface area contributed by atoms with Crippen molar-refractivity contribution in [3.8, 4) is 0 Å². The van der Waals surface area contributed by atoms with Crippen LogP contribution in [0.3, 0.4) is 0 Å². The number of hydrogen-bond acceptors (Lipinski definition) is 3. The van der Waals surface area contributed by atoms with Gasteiger partial charge in [-0.05, 0) is 39.0 Å². The van der Waals surface area contributed by atoms with Crippen LogP contribution in [0.4, 0.5) is 11.4 Å². The summed E-state index contributed by atoms with van der Waals surface area (Å²) in [5.74, 6) is 0. The number of nitrogens with zero attached hydrogens (tertiary/aromatic N) is 1. The fraction of sp³-hybridized carbons (Fsp3) is 0.500. The van der Waals surface area contributed by atoms with Gasteiger partial charge in [-0.15, -0.1) is 0 Å². The van der Waals surface area contributed by atoms with Crippen molar-refractivity contribution in [2.24, 2.45) is 0 Å². The van der Waals surface area contributed by atoms with Crippen molar-refractivity contribution < 1.29 is 5.11 Å². The Hall–Kier alpha value is -1.22. The Morgan fingerprint density at radius 3 is 2.53 bits per heavy atom. The van der Waals surface area contributed by atoms with E-state index in [1.165, 1.54) is 0 Å². The maximum atomic E-state index is 9.78. The van der Waals surface area contributed by atoms with Gasteiger partial charge < -0.3 is 15.7 Å². The van der Waals surface area contributed by atoms with E-state index in [-0.39, 0.29) is 0 Å². The van der Waals surface area contributed by atoms with Crippen LogP contribution in [0, 0.1) is 0 Å². The lowest BCUT2D eigenvalue weighted by Gasteiger charge is -2.30. The topological polar surface area (TPSA) is 49.5 Å². The van der Waals surface area contributed by atoms with Gasteiger partial charge in [0.25, 0.3) is 0 Å². The van der Waals surface area contributed by atoms with Gasteiger partial charge in [0, 0.05) is 24.5 Å². The highest BCUT2D eigenvalue weighted by molar-refractivity contribution is 5.56. The van der Waals surface area contributed by atoms with Crippen LogP contribution in [0.2, 0.25) is 0 Å². The van der Waals surface area contributed by atoms with Gasteiger partial charge in [0.2, 0.25) is 0 Å². The molecule has 15 heavy (non-hydrogen) atoms. The number of nitrogens with two attached hydrogens (primary N) is 1. The summed E-state index contributed by atoms with van der Waals surface area (Å²) < 4.78 is 0. The molecule has 3 N–H and O–H groups in total. The summed E-state index contributed by atoms with van der Waals surface area (Å²) in [6.45, 7) is 7.14. The van der Waals surface area contributed by atoms with Crippen molar-refractivity contribution in [3.63, 3.8) is 0 Å². The summed E-state index contributed by atoms with van der Waals surface area (Å²) in [4.78, 5) is 2.11. The molecule has 84 valence electrons. The molecular weight excluding hydrogens is 188 g/mol. The Labute approximate surface area is 91.5 Å². The third-order valence-electron chi connectivity index (χ3n) is 2.19. The van der Waals surface area contributed by atoms with Crippen molar-refractivity contribution in [1.29, 1.82) is 0 Å². The van der Waals surface area contributed by atoms with E-state index in [1.54, 1.807) is 0 Å². The zero-order chi connectivity index (χ0) is 11.5. The van der Waals surface area contributed by atoms with Crippen molar-refractivity contribution >= 4 is 11.4 Å². The zero-order valence-electron chi connectivity index (χ0n) is 9.70. The number of nitrogen functional groups attached to an aromatic ring is 1. The highest BCUT2D eigenvalue weighted by Crippen LogP contribution is 2.19. The molecule has 0 amide bonds. The second-order valence-electron chi connectivity index (χ2n) is 4.42. The number of anilines is 2. The largest absolute Gasteiger partial charge is 0.399 e. The molecule has 1 aromatic carbocycles. The standard InChI is InChI=1S/C12H20N2O/c1-4-14(9-12(2,3)15)11-7-5-6-10(13)8-11/h5-8,15H,4,9,13H2,1-3H3. The number of benzene rings is 1. The summed E-state index contributed by atoms with van der Waals surface area (Å²) in [5, 5.41) is 9.78. The molecule has 0 heterocycles. The van der Waals surface area contributed by atoms with Gasteiger partial charge in [-0.1, -0.05) is 6.07 Å². The molecule has 0 aliphatic carbocycles. The molecule has 0 saturated heterocycles. The molecule has 0 aliphatic heterocycles. The quantitative estimate of drug-likeness (QED) is 0.743. The number of rotatable bonds is 4. The van der Waals surface area contributed by atoms with Crippen molar-refractivity contribution in [1.82, 2.24) is 0 Å². The summed E-state index contributed by atoms with van der Waals surface area (Å²) >= 11 is 0. The Bertz CT molecular complexity index is 318. The first kappa shape index (κ1) is 11.9. The van der Waals surface area contributed by atoms with E-state index < -0.39 is 5.60 Å². The molecule has 3 nitrogen and oxygen atoms in total. The lowest BCUT2D eigenvalue weighted by Crippen LogP contribution is -2.38. The van der Waals surface area contributed by atoms with Crippen LogP contribution in [-0.4, -0.2) is 23.8 Å². The number of aliphatic hydroxyl groups is 1. The SMILES string of the molecule is CCN(CC(C)(C)O)c1cccc(N)c1. The van der Waals surface area contributed by atoms with Gasteiger partial charge in [0.15, 0.2) is 0 Å². The van der Waals surface area contributed by atoms with Crippen LogP contribution in [-0.2, 0) is 0 Å². The van der Waals surface area contributed by atoms with Gasteiger partial charge in [-0.3, -0.25) is 0 Å². The molecule has 0 radical (unpaired) electrons. The van der Waals surface area contributed by atoms with Crippen LogP contribution < -0.4 is 10.6 Å². The summed E-state index contributed by atoms with van der Waals surface area (Å²) in [6, 6.07) is 7.72. The van der Waals surface area contributed by atoms with E-state index in [0.717, 1.165) is 17.9 Å². The average molecular weight is 208 g/mol. The summed E-state index contributed by atoms with van der Waals surface area (Å²) in [5.41, 5.74) is 6.84. The Kier molecular flexibility index (Phi) is 3.58. The smallest absolute Gasteiger partial charge is 0.0765 e. The molecule has 0 aliphatic rings. The molecular formula is C12H20N2O. The van der Waals surface area contributed by atoms with Gasteiger partial charge in [0.05, 0.1) is 5.60 Å². The van der Waals surface area contributed by atoms with Crippen LogP contribution in [0.15, 0.2) is 24.3 Å². The second-order valence-corrected chi connectivity index (χ2v) is 4.42. The Balaban J connectivity index is 2.83. The lowest BCUT2D eigenvalue weighted by atomic mass is 10.1. The maximum absolute atomic E-state index is 9.78. The molecule has 0 saturated carbocycles. The van der Waals surface area contributed by atoms with E-state index in [2.05, 4.69) is 11.8 Å². The predicted octanol–water partition coefficient (Wildman–Crippen LogP) is 1.87. The van der Waals surface area contributed by atoms with Crippen molar-refractivity contribution in [2.75, 3.05) is 23.7 Å². The fourth-order valence-electron chi connectivity index (χ4n) is 1.57. The fourth-order valence-corrected chi connectivity index (χ4v) is 1.57. The lowest BCUT2D eigenvalue weighted by molar-refractivity contribution is 0.0876. The molecule has 0 aromatic heterocycles. The van der Waals surface area contributed by atoms with Crippen LogP contribution in [0.25, 0.3) is 0 Å².